The molecule has 1 heterocycles. The first-order valence-electron chi connectivity index (χ1n) is 8.08. The minimum absolute atomic E-state index is 0.517. The van der Waals surface area contributed by atoms with Gasteiger partial charge in [-0.2, -0.15) is 0 Å². The van der Waals surface area contributed by atoms with Crippen LogP contribution in [0.2, 0.25) is 0 Å². The Morgan fingerprint density at radius 2 is 1.90 bits per heavy atom. The zero-order chi connectivity index (χ0) is 14.4. The van der Waals surface area contributed by atoms with Gasteiger partial charge in [-0.25, -0.2) is 4.98 Å². The lowest BCUT2D eigenvalue weighted by Crippen LogP contribution is -2.31. The molecule has 0 aliphatic heterocycles. The summed E-state index contributed by atoms with van der Waals surface area (Å²) < 4.78 is 0. The summed E-state index contributed by atoms with van der Waals surface area (Å²) in [6, 6.07) is 5.56. The molecular formula is C17H29N3. The Hall–Kier alpha value is -1.09. The van der Waals surface area contributed by atoms with Gasteiger partial charge < -0.3 is 10.2 Å². The van der Waals surface area contributed by atoms with Gasteiger partial charge in [-0.3, -0.25) is 0 Å². The molecule has 112 valence electrons. The van der Waals surface area contributed by atoms with Crippen LogP contribution in [0.25, 0.3) is 0 Å². The van der Waals surface area contributed by atoms with E-state index in [1.165, 1.54) is 44.1 Å². The van der Waals surface area contributed by atoms with Crippen LogP contribution in [0.1, 0.15) is 57.9 Å². The van der Waals surface area contributed by atoms with Crippen molar-refractivity contribution in [3.63, 3.8) is 0 Å². The van der Waals surface area contributed by atoms with Crippen LogP contribution in [0.4, 0.5) is 5.82 Å². The third kappa shape index (κ3) is 4.48. The van der Waals surface area contributed by atoms with Gasteiger partial charge in [0.2, 0.25) is 0 Å². The van der Waals surface area contributed by atoms with E-state index in [2.05, 4.69) is 48.2 Å². The Bertz CT molecular complexity index is 378. The van der Waals surface area contributed by atoms with E-state index in [1.54, 1.807) is 0 Å². The summed E-state index contributed by atoms with van der Waals surface area (Å²) in [6.45, 7) is 5.24. The van der Waals surface area contributed by atoms with Crippen molar-refractivity contribution in [2.75, 3.05) is 11.9 Å². The summed E-state index contributed by atoms with van der Waals surface area (Å²) >= 11 is 0. The molecule has 1 saturated carbocycles. The fraction of sp³-hybridized carbons (Fsp3) is 0.706. The summed E-state index contributed by atoms with van der Waals surface area (Å²) in [6.07, 6.45) is 10.2. The molecule has 3 nitrogen and oxygen atoms in total. The van der Waals surface area contributed by atoms with Gasteiger partial charge in [-0.05, 0) is 24.5 Å². The zero-order valence-corrected chi connectivity index (χ0v) is 13.2. The number of anilines is 1. The molecule has 1 aliphatic carbocycles. The van der Waals surface area contributed by atoms with E-state index in [1.807, 2.05) is 6.20 Å². The Balaban J connectivity index is 1.94. The van der Waals surface area contributed by atoms with Crippen LogP contribution >= 0.6 is 0 Å². The van der Waals surface area contributed by atoms with Crippen LogP contribution in [0.3, 0.4) is 0 Å². The van der Waals surface area contributed by atoms with E-state index in [0.29, 0.717) is 12.1 Å². The molecule has 0 aromatic carbocycles. The Morgan fingerprint density at radius 3 is 2.45 bits per heavy atom. The van der Waals surface area contributed by atoms with Gasteiger partial charge in [0, 0.05) is 31.9 Å². The predicted octanol–water partition coefficient (Wildman–Crippen LogP) is 3.74. The second kappa shape index (κ2) is 7.63. The minimum atomic E-state index is 0.517. The average Bonchev–Trinajstić information content (AvgIpc) is 2.74. The topological polar surface area (TPSA) is 28.2 Å². The van der Waals surface area contributed by atoms with Crippen LogP contribution in [0, 0.1) is 0 Å². The molecule has 0 saturated heterocycles. The van der Waals surface area contributed by atoms with E-state index >= 15 is 0 Å². The summed E-state index contributed by atoms with van der Waals surface area (Å²) in [5.74, 6) is 1.12. The van der Waals surface area contributed by atoms with Crippen molar-refractivity contribution in [2.24, 2.45) is 0 Å². The fourth-order valence-electron chi connectivity index (χ4n) is 2.88. The van der Waals surface area contributed by atoms with Gasteiger partial charge in [0.1, 0.15) is 5.82 Å². The molecule has 1 aliphatic rings. The Kier molecular flexibility index (Phi) is 5.84. The van der Waals surface area contributed by atoms with Crippen LogP contribution < -0.4 is 10.2 Å². The molecular weight excluding hydrogens is 246 g/mol. The molecule has 0 radical (unpaired) electrons. The molecule has 3 heteroatoms. The Morgan fingerprint density at radius 1 is 1.20 bits per heavy atom. The summed E-state index contributed by atoms with van der Waals surface area (Å²) in [4.78, 5) is 7.03. The van der Waals surface area contributed by atoms with Crippen LogP contribution in [0.15, 0.2) is 18.3 Å². The minimum Gasteiger partial charge on any atom is -0.357 e. The normalized spacial score (nSPS) is 17.2. The Labute approximate surface area is 123 Å². The number of hydrogen-bond donors (Lipinski definition) is 1. The van der Waals surface area contributed by atoms with E-state index in [0.717, 1.165) is 12.4 Å². The summed E-state index contributed by atoms with van der Waals surface area (Å²) in [5, 5.41) is 3.43. The van der Waals surface area contributed by atoms with Gasteiger partial charge >= 0.3 is 0 Å². The van der Waals surface area contributed by atoms with Crippen molar-refractivity contribution in [1.82, 2.24) is 10.3 Å². The fourth-order valence-corrected chi connectivity index (χ4v) is 2.88. The second-order valence-electron chi connectivity index (χ2n) is 6.32. The zero-order valence-electron chi connectivity index (χ0n) is 13.2. The first-order valence-corrected chi connectivity index (χ1v) is 8.08. The number of pyridine rings is 1. The third-order valence-electron chi connectivity index (χ3n) is 4.26. The van der Waals surface area contributed by atoms with Crippen molar-refractivity contribution >= 4 is 5.82 Å². The van der Waals surface area contributed by atoms with Crippen molar-refractivity contribution < 1.29 is 0 Å². The van der Waals surface area contributed by atoms with Crippen LogP contribution in [0.5, 0.6) is 0 Å². The molecule has 0 amide bonds. The maximum Gasteiger partial charge on any atom is 0.128 e. The number of aromatic nitrogens is 1. The molecule has 20 heavy (non-hydrogen) atoms. The van der Waals surface area contributed by atoms with Crippen molar-refractivity contribution in [1.29, 1.82) is 0 Å². The smallest absolute Gasteiger partial charge is 0.128 e. The SMILES string of the molecule is CC(C)NCc1ccc(N(C)C2CCCCCC2)nc1. The standard InChI is InChI=1S/C17H29N3/c1-14(2)18-12-15-10-11-17(19-13-15)20(3)16-8-6-4-5-7-9-16/h10-11,13-14,16,18H,4-9,12H2,1-3H3. The highest BCUT2D eigenvalue weighted by atomic mass is 15.2. The first-order chi connectivity index (χ1) is 9.66. The molecule has 0 bridgehead atoms. The molecule has 0 unspecified atom stereocenters. The number of nitrogens with zero attached hydrogens (tertiary/aromatic N) is 2. The molecule has 1 fully saturated rings. The van der Waals surface area contributed by atoms with Gasteiger partial charge in [0.25, 0.3) is 0 Å². The lowest BCUT2D eigenvalue weighted by molar-refractivity contribution is 0.548. The van der Waals surface area contributed by atoms with Gasteiger partial charge in [-0.1, -0.05) is 45.6 Å². The lowest BCUT2D eigenvalue weighted by Gasteiger charge is -2.28. The lowest BCUT2D eigenvalue weighted by atomic mass is 10.1. The summed E-state index contributed by atoms with van der Waals surface area (Å²) in [5.41, 5.74) is 1.26. The largest absolute Gasteiger partial charge is 0.357 e. The molecule has 1 aromatic heterocycles. The maximum atomic E-state index is 4.65. The predicted molar refractivity (Wildman–Crippen MR) is 86.1 cm³/mol. The van der Waals surface area contributed by atoms with E-state index in [4.69, 9.17) is 0 Å². The second-order valence-corrected chi connectivity index (χ2v) is 6.32. The van der Waals surface area contributed by atoms with Gasteiger partial charge in [-0.15, -0.1) is 0 Å². The third-order valence-corrected chi connectivity index (χ3v) is 4.26. The van der Waals surface area contributed by atoms with Gasteiger partial charge in [0.05, 0.1) is 0 Å². The van der Waals surface area contributed by atoms with E-state index in [-0.39, 0.29) is 0 Å². The first kappa shape index (κ1) is 15.3. The number of hydrogen-bond acceptors (Lipinski definition) is 3. The summed E-state index contributed by atoms with van der Waals surface area (Å²) in [7, 11) is 2.20. The number of rotatable bonds is 5. The molecule has 1 aromatic rings. The highest BCUT2D eigenvalue weighted by Crippen LogP contribution is 2.24. The molecule has 1 N–H and O–H groups in total. The molecule has 0 atom stereocenters. The van der Waals surface area contributed by atoms with E-state index < -0.39 is 0 Å². The molecule has 2 rings (SSSR count). The highest BCUT2D eigenvalue weighted by molar-refractivity contribution is 5.39. The van der Waals surface area contributed by atoms with Crippen molar-refractivity contribution in [3.05, 3.63) is 23.9 Å². The average molecular weight is 275 g/mol. The van der Waals surface area contributed by atoms with Gasteiger partial charge in [0.15, 0.2) is 0 Å². The molecule has 0 spiro atoms. The van der Waals surface area contributed by atoms with Crippen molar-refractivity contribution in [3.8, 4) is 0 Å². The highest BCUT2D eigenvalue weighted by Gasteiger charge is 2.17. The maximum absolute atomic E-state index is 4.65. The van der Waals surface area contributed by atoms with E-state index in [9.17, 15) is 0 Å². The monoisotopic (exact) mass is 275 g/mol. The van der Waals surface area contributed by atoms with Crippen LogP contribution in [-0.2, 0) is 6.54 Å². The quantitative estimate of drug-likeness (QED) is 0.830. The number of nitrogens with one attached hydrogen (secondary N) is 1. The van der Waals surface area contributed by atoms with Crippen molar-refractivity contribution in [2.45, 2.75) is 71.0 Å². The van der Waals surface area contributed by atoms with Crippen LogP contribution in [-0.4, -0.2) is 24.1 Å².